The highest BCUT2D eigenvalue weighted by molar-refractivity contribution is 6.09. The lowest BCUT2D eigenvalue weighted by molar-refractivity contribution is -0.150. The van der Waals surface area contributed by atoms with Gasteiger partial charge in [0, 0.05) is 26.5 Å². The van der Waals surface area contributed by atoms with Gasteiger partial charge in [-0.05, 0) is 31.0 Å². The minimum atomic E-state index is -0.973. The monoisotopic (exact) mass is 458 g/mol. The fraction of sp³-hybridized carbons (Fsp3) is 0.583. The van der Waals surface area contributed by atoms with E-state index in [1.807, 2.05) is 26.1 Å². The van der Waals surface area contributed by atoms with Crippen molar-refractivity contribution in [1.29, 1.82) is 0 Å². The molecular weight excluding hydrogens is 424 g/mol. The summed E-state index contributed by atoms with van der Waals surface area (Å²) in [6.07, 6.45) is 1.91. The fourth-order valence-corrected chi connectivity index (χ4v) is 4.25. The second-order valence-electron chi connectivity index (χ2n) is 8.17. The average Bonchev–Trinajstić information content (AvgIpc) is 3.11. The zero-order valence-electron chi connectivity index (χ0n) is 19.9. The van der Waals surface area contributed by atoms with Crippen LogP contribution in [0, 0.1) is 0 Å². The van der Waals surface area contributed by atoms with E-state index in [0.717, 1.165) is 30.0 Å². The number of aliphatic imine (C=N–C) groups is 1. The molecule has 2 aliphatic heterocycles. The number of ether oxygens (including phenoxy) is 2. The van der Waals surface area contributed by atoms with E-state index in [9.17, 15) is 14.7 Å². The number of amides is 1. The molecule has 0 saturated heterocycles. The van der Waals surface area contributed by atoms with Crippen LogP contribution >= 0.6 is 0 Å². The van der Waals surface area contributed by atoms with Gasteiger partial charge in [-0.1, -0.05) is 32.4 Å². The number of fused-ring (bicyclic) bond motifs is 1. The molecule has 0 aliphatic carbocycles. The van der Waals surface area contributed by atoms with E-state index >= 15 is 0 Å². The number of carboxylic acids is 1. The van der Waals surface area contributed by atoms with Crippen molar-refractivity contribution in [2.75, 3.05) is 26.8 Å². The van der Waals surface area contributed by atoms with E-state index in [1.165, 1.54) is 0 Å². The van der Waals surface area contributed by atoms with Gasteiger partial charge in [0.25, 0.3) is 5.91 Å². The van der Waals surface area contributed by atoms with Crippen LogP contribution in [0.4, 0.5) is 0 Å². The van der Waals surface area contributed by atoms with Crippen molar-refractivity contribution in [1.82, 2.24) is 9.91 Å². The Balaban J connectivity index is 1.59. The largest absolute Gasteiger partial charge is 0.492 e. The zero-order valence-corrected chi connectivity index (χ0v) is 19.9. The van der Waals surface area contributed by atoms with E-state index < -0.39 is 12.1 Å². The maximum absolute atomic E-state index is 13.2. The standard InChI is InChI=1S/C24H34N4O5/c1-5-8-18-21-22(27(4)26-18)23(29)28(20(6-2)25-21)13-14-33-17-11-9-16(10-12-17)15-19(24(30)31)32-7-3/h9-12,19,21-22H,5-8,13-15H2,1-4H3,(H,30,31)/t19-,21?,22?/m0/s1. The lowest BCUT2D eigenvalue weighted by Gasteiger charge is -2.35. The number of nitrogens with zero attached hydrogens (tertiary/aromatic N) is 4. The predicted molar refractivity (Wildman–Crippen MR) is 126 cm³/mol. The molecule has 0 aromatic heterocycles. The Labute approximate surface area is 195 Å². The Morgan fingerprint density at radius 1 is 1.21 bits per heavy atom. The van der Waals surface area contributed by atoms with Crippen molar-refractivity contribution in [3.8, 4) is 5.75 Å². The van der Waals surface area contributed by atoms with Crippen molar-refractivity contribution in [2.45, 2.75) is 64.6 Å². The van der Waals surface area contributed by atoms with Gasteiger partial charge in [0.05, 0.1) is 12.3 Å². The summed E-state index contributed by atoms with van der Waals surface area (Å²) in [5, 5.41) is 15.6. The molecule has 2 unspecified atom stereocenters. The molecule has 3 rings (SSSR count). The number of likely N-dealkylation sites (N-methyl/N-ethyl adjacent to an activating group) is 1. The second kappa shape index (κ2) is 11.3. The summed E-state index contributed by atoms with van der Waals surface area (Å²) in [5.74, 6) is 0.471. The number of amidine groups is 1. The summed E-state index contributed by atoms with van der Waals surface area (Å²) in [7, 11) is 1.83. The topological polar surface area (TPSA) is 104 Å². The molecular formula is C24H34N4O5. The first-order valence-corrected chi connectivity index (χ1v) is 11.6. The van der Waals surface area contributed by atoms with Gasteiger partial charge in [0.2, 0.25) is 0 Å². The van der Waals surface area contributed by atoms with Gasteiger partial charge in [-0.25, -0.2) is 4.79 Å². The Hall–Kier alpha value is -2.94. The van der Waals surface area contributed by atoms with Crippen LogP contribution in [0.25, 0.3) is 0 Å². The van der Waals surface area contributed by atoms with Gasteiger partial charge in [0.15, 0.2) is 12.1 Å². The summed E-state index contributed by atoms with van der Waals surface area (Å²) in [5.41, 5.74) is 1.84. The third-order valence-electron chi connectivity index (χ3n) is 5.84. The van der Waals surface area contributed by atoms with Crippen LogP contribution in [-0.2, 0) is 20.7 Å². The lowest BCUT2D eigenvalue weighted by Crippen LogP contribution is -2.56. The molecule has 9 nitrogen and oxygen atoms in total. The zero-order chi connectivity index (χ0) is 24.0. The minimum Gasteiger partial charge on any atom is -0.492 e. The van der Waals surface area contributed by atoms with Gasteiger partial charge in [0.1, 0.15) is 24.2 Å². The molecule has 1 N–H and O–H groups in total. The van der Waals surface area contributed by atoms with E-state index in [1.54, 1.807) is 29.0 Å². The molecule has 0 saturated carbocycles. The third-order valence-corrected chi connectivity index (χ3v) is 5.84. The molecule has 0 bridgehead atoms. The van der Waals surface area contributed by atoms with Crippen molar-refractivity contribution < 1.29 is 24.2 Å². The van der Waals surface area contributed by atoms with E-state index in [2.05, 4.69) is 12.0 Å². The summed E-state index contributed by atoms with van der Waals surface area (Å²) >= 11 is 0. The normalized spacial score (nSPS) is 20.9. The van der Waals surface area contributed by atoms with E-state index in [-0.39, 0.29) is 18.0 Å². The highest BCUT2D eigenvalue weighted by Gasteiger charge is 2.46. The highest BCUT2D eigenvalue weighted by Crippen LogP contribution is 2.27. The molecule has 2 heterocycles. The van der Waals surface area contributed by atoms with Gasteiger partial charge in [-0.3, -0.25) is 19.7 Å². The Morgan fingerprint density at radius 2 is 1.94 bits per heavy atom. The number of carbonyl (C=O) groups is 2. The molecule has 1 aromatic carbocycles. The van der Waals surface area contributed by atoms with Crippen LogP contribution in [0.15, 0.2) is 34.4 Å². The number of carbonyl (C=O) groups excluding carboxylic acids is 1. The van der Waals surface area contributed by atoms with Gasteiger partial charge < -0.3 is 14.6 Å². The van der Waals surface area contributed by atoms with Crippen LogP contribution in [-0.4, -0.2) is 83.4 Å². The summed E-state index contributed by atoms with van der Waals surface area (Å²) in [4.78, 5) is 31.1. The first-order valence-electron chi connectivity index (χ1n) is 11.6. The third kappa shape index (κ3) is 5.71. The molecule has 9 heteroatoms. The minimum absolute atomic E-state index is 0.0128. The molecule has 180 valence electrons. The molecule has 0 radical (unpaired) electrons. The number of hydrogen-bond donors (Lipinski definition) is 1. The van der Waals surface area contributed by atoms with Crippen LogP contribution in [0.5, 0.6) is 5.75 Å². The van der Waals surface area contributed by atoms with Gasteiger partial charge in [-0.15, -0.1) is 0 Å². The number of rotatable bonds is 12. The van der Waals surface area contributed by atoms with Crippen molar-refractivity contribution in [2.24, 2.45) is 10.1 Å². The molecule has 33 heavy (non-hydrogen) atoms. The van der Waals surface area contributed by atoms with Crippen LogP contribution in [0.3, 0.4) is 0 Å². The summed E-state index contributed by atoms with van der Waals surface area (Å²) in [6.45, 7) is 6.95. The Bertz CT molecular complexity index is 899. The molecule has 0 spiro atoms. The first kappa shape index (κ1) is 24.7. The average molecular weight is 459 g/mol. The molecule has 1 aromatic rings. The van der Waals surface area contributed by atoms with E-state index in [4.69, 9.17) is 14.5 Å². The van der Waals surface area contributed by atoms with Crippen LogP contribution in [0.2, 0.25) is 0 Å². The molecule has 3 atom stereocenters. The highest BCUT2D eigenvalue weighted by atomic mass is 16.5. The quantitative estimate of drug-likeness (QED) is 0.516. The maximum Gasteiger partial charge on any atom is 0.333 e. The molecule has 0 fully saturated rings. The second-order valence-corrected chi connectivity index (χ2v) is 8.17. The van der Waals surface area contributed by atoms with Crippen LogP contribution in [0.1, 0.15) is 45.6 Å². The van der Waals surface area contributed by atoms with Crippen molar-refractivity contribution in [3.63, 3.8) is 0 Å². The number of aliphatic carboxylic acids is 1. The van der Waals surface area contributed by atoms with Crippen molar-refractivity contribution >= 4 is 23.4 Å². The Morgan fingerprint density at radius 3 is 2.55 bits per heavy atom. The lowest BCUT2D eigenvalue weighted by atomic mass is 9.98. The van der Waals surface area contributed by atoms with Gasteiger partial charge in [-0.2, -0.15) is 5.10 Å². The Kier molecular flexibility index (Phi) is 8.43. The first-order chi connectivity index (χ1) is 15.9. The molecule has 1 amide bonds. The van der Waals surface area contributed by atoms with Crippen LogP contribution < -0.4 is 4.74 Å². The molecule has 2 aliphatic rings. The maximum atomic E-state index is 13.2. The van der Waals surface area contributed by atoms with E-state index in [0.29, 0.717) is 38.3 Å². The number of hydrazone groups is 1. The smallest absolute Gasteiger partial charge is 0.333 e. The number of benzene rings is 1. The van der Waals surface area contributed by atoms with Gasteiger partial charge >= 0.3 is 5.97 Å². The SMILES string of the molecule is CCCC1=NN(C)C2C(=O)N(CCOc3ccc(C[C@H](OCC)C(=O)O)cc3)C(CC)=NC12. The predicted octanol–water partition coefficient (Wildman–Crippen LogP) is 2.59. The number of hydrogen-bond acceptors (Lipinski definition) is 7. The number of carboxylic acid groups (broad SMARTS) is 1. The fourth-order valence-electron chi connectivity index (χ4n) is 4.25. The van der Waals surface area contributed by atoms with Crippen molar-refractivity contribution in [3.05, 3.63) is 29.8 Å². The summed E-state index contributed by atoms with van der Waals surface area (Å²) < 4.78 is 11.1. The summed E-state index contributed by atoms with van der Waals surface area (Å²) in [6, 6.07) is 6.71.